The molecule has 2 heterocycles. The molecule has 3 rings (SSSR count). The molecule has 2 aromatic heterocycles. The number of hydrogen-bond donors (Lipinski definition) is 2. The molecule has 32 heavy (non-hydrogen) atoms. The van der Waals surface area contributed by atoms with Crippen LogP contribution in [0.4, 0.5) is 23.8 Å². The van der Waals surface area contributed by atoms with E-state index in [9.17, 15) is 22.8 Å². The number of thiazole rings is 1. The third-order valence-electron chi connectivity index (χ3n) is 4.07. The second-order valence-corrected chi connectivity index (χ2v) is 7.96. The second kappa shape index (κ2) is 9.96. The highest BCUT2D eigenvalue weighted by molar-refractivity contribution is 7.13. The molecule has 1 atom stereocenters. The van der Waals surface area contributed by atoms with Crippen molar-refractivity contribution < 1.29 is 27.5 Å². The highest BCUT2D eigenvalue weighted by atomic mass is 35.5. The number of halogens is 4. The van der Waals surface area contributed by atoms with Gasteiger partial charge in [-0.05, 0) is 18.6 Å². The van der Waals surface area contributed by atoms with Crippen molar-refractivity contribution in [1.82, 2.24) is 15.3 Å². The minimum absolute atomic E-state index is 0.0962. The number of aromatic nitrogens is 2. The number of hydrogen-bond acceptors (Lipinski definition) is 6. The molecule has 0 saturated carbocycles. The van der Waals surface area contributed by atoms with Gasteiger partial charge in [0.1, 0.15) is 22.3 Å². The number of nitrogens with zero attached hydrogens (tertiary/aromatic N) is 2. The highest BCUT2D eigenvalue weighted by Gasteiger charge is 2.34. The first-order valence-corrected chi connectivity index (χ1v) is 10.3. The minimum atomic E-state index is -4.69. The van der Waals surface area contributed by atoms with Gasteiger partial charge in [-0.1, -0.05) is 41.9 Å². The lowest BCUT2D eigenvalue weighted by Crippen LogP contribution is -2.27. The average Bonchev–Trinajstić information content (AvgIpc) is 3.24. The topological polar surface area (TPSA) is 93.2 Å². The Morgan fingerprint density at radius 3 is 2.59 bits per heavy atom. The molecule has 0 fully saturated rings. The van der Waals surface area contributed by atoms with Gasteiger partial charge >= 0.3 is 12.3 Å². The quantitative estimate of drug-likeness (QED) is 0.485. The smallest absolute Gasteiger partial charge is 0.418 e. The first-order valence-electron chi connectivity index (χ1n) is 9.10. The van der Waals surface area contributed by atoms with Crippen LogP contribution in [0.1, 0.15) is 38.8 Å². The fourth-order valence-corrected chi connectivity index (χ4v) is 3.52. The maximum atomic E-state index is 13.0. The van der Waals surface area contributed by atoms with E-state index in [4.69, 9.17) is 16.3 Å². The maximum absolute atomic E-state index is 13.0. The normalized spacial score (nSPS) is 12.2. The molecule has 2 N–H and O–H groups in total. The van der Waals surface area contributed by atoms with Crippen LogP contribution in [-0.2, 0) is 17.5 Å². The van der Waals surface area contributed by atoms with Crippen LogP contribution in [0, 0.1) is 0 Å². The Morgan fingerprint density at radius 2 is 1.91 bits per heavy atom. The largest absolute Gasteiger partial charge is 0.445 e. The van der Waals surface area contributed by atoms with Crippen LogP contribution >= 0.6 is 22.9 Å². The van der Waals surface area contributed by atoms with Gasteiger partial charge in [-0.2, -0.15) is 13.2 Å². The number of anilines is 1. The van der Waals surface area contributed by atoms with Crippen molar-refractivity contribution in [2.24, 2.45) is 0 Å². The summed E-state index contributed by atoms with van der Waals surface area (Å²) in [6.07, 6.45) is -3.28. The summed E-state index contributed by atoms with van der Waals surface area (Å²) in [5.41, 5.74) is -0.283. The molecule has 3 aromatic rings. The van der Waals surface area contributed by atoms with Crippen molar-refractivity contribution in [2.75, 3.05) is 5.32 Å². The van der Waals surface area contributed by atoms with Gasteiger partial charge in [0.05, 0.1) is 22.8 Å². The van der Waals surface area contributed by atoms with E-state index in [1.54, 1.807) is 6.92 Å². The minimum Gasteiger partial charge on any atom is -0.445 e. The molecule has 0 saturated heterocycles. The summed E-state index contributed by atoms with van der Waals surface area (Å²) in [6.45, 7) is 1.75. The second-order valence-electron chi connectivity index (χ2n) is 6.49. The summed E-state index contributed by atoms with van der Waals surface area (Å²) < 4.78 is 44.0. The summed E-state index contributed by atoms with van der Waals surface area (Å²) in [4.78, 5) is 32.2. The van der Waals surface area contributed by atoms with Gasteiger partial charge in [0.25, 0.3) is 5.91 Å². The van der Waals surface area contributed by atoms with Crippen LogP contribution in [0.2, 0.25) is 5.02 Å². The van der Waals surface area contributed by atoms with E-state index >= 15 is 0 Å². The molecule has 0 radical (unpaired) electrons. The zero-order valence-electron chi connectivity index (χ0n) is 16.4. The lowest BCUT2D eigenvalue weighted by molar-refractivity contribution is -0.137. The standard InChI is InChI=1S/C20H16ClF3N4O3S/c1-11(27-19(30)31-10-12-5-3-2-4-6-12)18-26-9-15(32-18)17(29)28-16-7-13(20(22,23)24)14(21)8-25-16/h2-9,11H,10H2,1H3,(H,27,30)(H,25,28,29)/t11-/m0/s1. The number of amides is 2. The van der Waals surface area contributed by atoms with Gasteiger partial charge in [-0.3, -0.25) is 4.79 Å². The van der Waals surface area contributed by atoms with Crippen LogP contribution < -0.4 is 10.6 Å². The van der Waals surface area contributed by atoms with Crippen molar-refractivity contribution in [3.63, 3.8) is 0 Å². The van der Waals surface area contributed by atoms with Crippen molar-refractivity contribution in [3.8, 4) is 0 Å². The first kappa shape index (κ1) is 23.5. The van der Waals surface area contributed by atoms with E-state index in [0.717, 1.165) is 23.1 Å². The summed E-state index contributed by atoms with van der Waals surface area (Å²) in [6, 6.07) is 9.21. The summed E-state index contributed by atoms with van der Waals surface area (Å²) in [5.74, 6) is -1.01. The van der Waals surface area contributed by atoms with E-state index in [0.29, 0.717) is 11.1 Å². The van der Waals surface area contributed by atoms with Gasteiger partial charge in [0.15, 0.2) is 0 Å². The fraction of sp³-hybridized carbons (Fsp3) is 0.200. The van der Waals surface area contributed by atoms with Gasteiger partial charge in [-0.25, -0.2) is 14.8 Å². The monoisotopic (exact) mass is 484 g/mol. The van der Waals surface area contributed by atoms with E-state index in [2.05, 4.69) is 20.6 Å². The van der Waals surface area contributed by atoms with Crippen molar-refractivity contribution >= 4 is 40.8 Å². The lowest BCUT2D eigenvalue weighted by atomic mass is 10.2. The number of pyridine rings is 1. The Bertz CT molecular complexity index is 1110. The van der Waals surface area contributed by atoms with Gasteiger partial charge < -0.3 is 15.4 Å². The first-order chi connectivity index (χ1) is 15.1. The molecule has 0 unspecified atom stereocenters. The Morgan fingerprint density at radius 1 is 1.19 bits per heavy atom. The number of carbonyl (C=O) groups is 2. The number of benzene rings is 1. The van der Waals surface area contributed by atoms with E-state index in [1.165, 1.54) is 6.20 Å². The van der Waals surface area contributed by atoms with Crippen molar-refractivity contribution in [1.29, 1.82) is 0 Å². The third-order valence-corrected chi connectivity index (χ3v) is 5.55. The lowest BCUT2D eigenvalue weighted by Gasteiger charge is -2.11. The summed E-state index contributed by atoms with van der Waals surface area (Å²) >= 11 is 6.49. The van der Waals surface area contributed by atoms with Crippen LogP contribution in [0.3, 0.4) is 0 Å². The molecular formula is C20H16ClF3N4O3S. The summed E-state index contributed by atoms with van der Waals surface area (Å²) in [7, 11) is 0. The Labute approximate surface area is 189 Å². The predicted molar refractivity (Wildman–Crippen MR) is 112 cm³/mol. The van der Waals surface area contributed by atoms with Gasteiger partial charge in [-0.15, -0.1) is 11.3 Å². The fourth-order valence-electron chi connectivity index (χ4n) is 2.50. The number of nitrogens with one attached hydrogen (secondary N) is 2. The molecule has 0 spiro atoms. The SMILES string of the molecule is C[C@H](NC(=O)OCc1ccccc1)c1ncc(C(=O)Nc2cc(C(F)(F)F)c(Cl)cn2)s1. The number of alkyl halides is 3. The van der Waals surface area contributed by atoms with Crippen molar-refractivity contribution in [3.05, 3.63) is 74.8 Å². The molecule has 2 amide bonds. The zero-order chi connectivity index (χ0) is 23.3. The van der Waals surface area contributed by atoms with E-state index in [1.807, 2.05) is 30.3 Å². The molecule has 12 heteroatoms. The molecule has 0 aliphatic heterocycles. The van der Waals surface area contributed by atoms with Gasteiger partial charge in [0, 0.05) is 6.20 Å². The number of carbonyl (C=O) groups excluding carboxylic acids is 2. The van der Waals surface area contributed by atoms with E-state index < -0.39 is 34.8 Å². The average molecular weight is 485 g/mol. The molecule has 1 aromatic carbocycles. The molecule has 0 bridgehead atoms. The zero-order valence-corrected chi connectivity index (χ0v) is 18.0. The number of ether oxygens (including phenoxy) is 1. The molecular weight excluding hydrogens is 469 g/mol. The van der Waals surface area contributed by atoms with Crippen molar-refractivity contribution in [2.45, 2.75) is 25.7 Å². The van der Waals surface area contributed by atoms with Crippen LogP contribution in [0.15, 0.2) is 48.8 Å². The molecule has 7 nitrogen and oxygen atoms in total. The molecule has 168 valence electrons. The van der Waals surface area contributed by atoms with Gasteiger partial charge in [0.2, 0.25) is 0 Å². The maximum Gasteiger partial charge on any atom is 0.418 e. The predicted octanol–water partition coefficient (Wildman–Crippen LogP) is 5.45. The Hall–Kier alpha value is -3.18. The van der Waals surface area contributed by atoms with E-state index in [-0.39, 0.29) is 17.3 Å². The number of rotatable bonds is 6. The van der Waals surface area contributed by atoms with Crippen LogP contribution in [0.25, 0.3) is 0 Å². The number of alkyl carbamates (subject to hydrolysis) is 1. The molecule has 0 aliphatic carbocycles. The van der Waals surface area contributed by atoms with Crippen LogP contribution in [0.5, 0.6) is 0 Å². The molecule has 0 aliphatic rings. The Kier molecular flexibility index (Phi) is 7.31. The Balaban J connectivity index is 1.58. The highest BCUT2D eigenvalue weighted by Crippen LogP contribution is 2.35. The summed E-state index contributed by atoms with van der Waals surface area (Å²) in [5, 5.41) is 4.72. The third kappa shape index (κ3) is 6.17. The van der Waals surface area contributed by atoms with Crippen LogP contribution in [-0.4, -0.2) is 22.0 Å².